The van der Waals surface area contributed by atoms with E-state index in [0.29, 0.717) is 28.6 Å². The molecule has 2 atom stereocenters. The molecule has 0 N–H and O–H groups in total. The van der Waals surface area contributed by atoms with Crippen molar-refractivity contribution in [3.63, 3.8) is 0 Å². The first-order valence-electron chi connectivity index (χ1n) is 13.7. The van der Waals surface area contributed by atoms with Crippen LogP contribution >= 0.6 is 0 Å². The first-order chi connectivity index (χ1) is 18.1. The van der Waals surface area contributed by atoms with E-state index in [2.05, 4.69) is 11.9 Å². The van der Waals surface area contributed by atoms with Gasteiger partial charge < -0.3 is 14.4 Å². The van der Waals surface area contributed by atoms with Crippen molar-refractivity contribution in [2.45, 2.75) is 78.4 Å². The van der Waals surface area contributed by atoms with Gasteiger partial charge in [-0.2, -0.15) is 0 Å². The van der Waals surface area contributed by atoms with Crippen LogP contribution in [0, 0.1) is 18.7 Å². The number of ether oxygens (including phenoxy) is 2. The number of benzene rings is 2. The first-order valence-corrected chi connectivity index (χ1v) is 13.7. The highest BCUT2D eigenvalue weighted by Gasteiger charge is 2.31. The fourth-order valence-corrected chi connectivity index (χ4v) is 5.47. The number of carbonyl (C=O) groups excluding carboxylic acids is 2. The zero-order chi connectivity index (χ0) is 28.7. The number of aryl methyl sites for hydroxylation is 1. The molecule has 0 spiro atoms. The predicted molar refractivity (Wildman–Crippen MR) is 152 cm³/mol. The number of fused-ring (bicyclic) bond motifs is 1. The molecule has 2 heterocycles. The van der Waals surface area contributed by atoms with E-state index >= 15 is 4.39 Å². The Labute approximate surface area is 231 Å². The van der Waals surface area contributed by atoms with E-state index < -0.39 is 17.3 Å². The molecule has 39 heavy (non-hydrogen) atoms. The zero-order valence-corrected chi connectivity index (χ0v) is 24.4. The molecule has 1 aromatic heterocycles. The Kier molecular flexibility index (Phi) is 7.95. The van der Waals surface area contributed by atoms with Crippen LogP contribution in [0.2, 0.25) is 0 Å². The summed E-state index contributed by atoms with van der Waals surface area (Å²) in [5.41, 5.74) is 2.46. The van der Waals surface area contributed by atoms with Crippen molar-refractivity contribution in [1.29, 1.82) is 0 Å². The van der Waals surface area contributed by atoms with Crippen molar-refractivity contribution in [3.8, 4) is 0 Å². The Hall–Kier alpha value is -3.19. The Bertz CT molecular complexity index is 1360. The summed E-state index contributed by atoms with van der Waals surface area (Å²) in [6, 6.07) is 11.0. The van der Waals surface area contributed by atoms with Crippen LogP contribution in [0.4, 0.5) is 9.18 Å². The molecule has 7 heteroatoms. The topological polar surface area (TPSA) is 60.8 Å². The molecule has 0 unspecified atom stereocenters. The molecule has 1 aliphatic rings. The second-order valence-corrected chi connectivity index (χ2v) is 12.8. The molecule has 6 nitrogen and oxygen atoms in total. The van der Waals surface area contributed by atoms with Crippen LogP contribution in [0.3, 0.4) is 0 Å². The third kappa shape index (κ3) is 6.70. The van der Waals surface area contributed by atoms with E-state index in [-0.39, 0.29) is 23.6 Å². The third-order valence-electron chi connectivity index (χ3n) is 7.21. The highest BCUT2D eigenvalue weighted by Crippen LogP contribution is 2.37. The lowest BCUT2D eigenvalue weighted by Crippen LogP contribution is -2.37. The predicted octanol–water partition coefficient (Wildman–Crippen LogP) is 7.11. The molecule has 2 aromatic carbocycles. The van der Waals surface area contributed by atoms with Crippen LogP contribution in [0.1, 0.15) is 80.9 Å². The fraction of sp³-hybridized carbons (Fsp3) is 0.500. The fourth-order valence-electron chi connectivity index (χ4n) is 5.47. The maximum atomic E-state index is 15.5. The van der Waals surface area contributed by atoms with Crippen molar-refractivity contribution >= 4 is 23.0 Å². The minimum Gasteiger partial charge on any atom is -0.456 e. The number of halogens is 1. The first kappa shape index (κ1) is 28.8. The van der Waals surface area contributed by atoms with Gasteiger partial charge >= 0.3 is 12.1 Å². The van der Waals surface area contributed by atoms with Crippen LogP contribution in [-0.2, 0) is 15.9 Å². The highest BCUT2D eigenvalue weighted by molar-refractivity contribution is 5.94. The lowest BCUT2D eigenvalue weighted by molar-refractivity contribution is 0.00691. The van der Waals surface area contributed by atoms with Crippen LogP contribution in [-0.4, -0.2) is 52.9 Å². The van der Waals surface area contributed by atoms with Crippen molar-refractivity contribution in [2.24, 2.45) is 5.92 Å². The van der Waals surface area contributed by atoms with E-state index in [0.717, 1.165) is 30.5 Å². The minimum absolute atomic E-state index is 0.167. The number of hydrogen-bond donors (Lipinski definition) is 0. The van der Waals surface area contributed by atoms with E-state index in [4.69, 9.17) is 9.47 Å². The smallest absolute Gasteiger partial charge is 0.419 e. The molecule has 1 aliphatic heterocycles. The average Bonchev–Trinajstić information content (AvgIpc) is 3.26. The number of nitrogens with zero attached hydrogens (tertiary/aromatic N) is 2. The maximum absolute atomic E-state index is 15.5. The number of aromatic nitrogens is 1. The quantitative estimate of drug-likeness (QED) is 0.333. The largest absolute Gasteiger partial charge is 0.456 e. The lowest BCUT2D eigenvalue weighted by Gasteiger charge is -2.37. The molecule has 3 aromatic rings. The van der Waals surface area contributed by atoms with Gasteiger partial charge in [0.1, 0.15) is 17.0 Å². The average molecular weight is 537 g/mol. The summed E-state index contributed by atoms with van der Waals surface area (Å²) >= 11 is 0. The van der Waals surface area contributed by atoms with Crippen LogP contribution in [0.15, 0.2) is 42.6 Å². The van der Waals surface area contributed by atoms with E-state index in [1.54, 1.807) is 6.20 Å². The number of carbonyl (C=O) groups is 2. The standard InChI is InChI=1S/C32H41FN2O4/c1-20-17-27(33)25(24-14-16-35(28(20)24)30(37)39-32(5,6)7)18-23-13-15-34(8)19-26(23)21-9-11-22(12-10-21)29(36)38-31(2,3)4/h9-12,14,16-17,23,26H,13,15,18-19H2,1-8H3/t23-,26-/m0/s1. The Morgan fingerprint density at radius 1 is 1.00 bits per heavy atom. The summed E-state index contributed by atoms with van der Waals surface area (Å²) in [7, 11) is 2.10. The summed E-state index contributed by atoms with van der Waals surface area (Å²) in [6.45, 7) is 14.6. The van der Waals surface area contributed by atoms with Gasteiger partial charge in [0.05, 0.1) is 11.1 Å². The lowest BCUT2D eigenvalue weighted by atomic mass is 9.77. The molecular formula is C32H41FN2O4. The highest BCUT2D eigenvalue weighted by atomic mass is 19.1. The Morgan fingerprint density at radius 3 is 2.26 bits per heavy atom. The molecule has 1 saturated heterocycles. The molecule has 4 rings (SSSR count). The van der Waals surface area contributed by atoms with E-state index in [1.165, 1.54) is 10.6 Å². The zero-order valence-electron chi connectivity index (χ0n) is 24.4. The molecule has 0 amide bonds. The SMILES string of the molecule is Cc1cc(F)c(C[C@@H]2CCN(C)C[C@H]2c2ccc(C(=O)OC(C)(C)C)cc2)c2ccn(C(=O)OC(C)(C)C)c12. The molecular weight excluding hydrogens is 495 g/mol. The summed E-state index contributed by atoms with van der Waals surface area (Å²) < 4.78 is 28.1. The van der Waals surface area contributed by atoms with Crippen LogP contribution in [0.5, 0.6) is 0 Å². The number of piperidine rings is 1. The number of rotatable bonds is 4. The molecule has 1 fully saturated rings. The monoisotopic (exact) mass is 536 g/mol. The summed E-state index contributed by atoms with van der Waals surface area (Å²) in [4.78, 5) is 27.7. The van der Waals surface area contributed by atoms with Crippen LogP contribution in [0.25, 0.3) is 10.9 Å². The van der Waals surface area contributed by atoms with Crippen molar-refractivity contribution in [1.82, 2.24) is 9.47 Å². The van der Waals surface area contributed by atoms with Crippen molar-refractivity contribution < 1.29 is 23.5 Å². The number of likely N-dealkylation sites (N-methyl/N-ethyl adjacent to an activating group) is 1. The van der Waals surface area contributed by atoms with Gasteiger partial charge in [-0.1, -0.05) is 12.1 Å². The van der Waals surface area contributed by atoms with Gasteiger partial charge in [-0.25, -0.2) is 14.0 Å². The van der Waals surface area contributed by atoms with Gasteiger partial charge in [-0.3, -0.25) is 4.57 Å². The second-order valence-electron chi connectivity index (χ2n) is 12.8. The number of likely N-dealkylation sites (tertiary alicyclic amines) is 1. The number of esters is 1. The van der Waals surface area contributed by atoms with Gasteiger partial charge in [0.25, 0.3) is 0 Å². The summed E-state index contributed by atoms with van der Waals surface area (Å²) in [5.74, 6) is -0.233. The maximum Gasteiger partial charge on any atom is 0.419 e. The third-order valence-corrected chi connectivity index (χ3v) is 7.21. The second kappa shape index (κ2) is 10.8. The molecule has 0 aliphatic carbocycles. The number of hydrogen-bond acceptors (Lipinski definition) is 5. The molecule has 0 radical (unpaired) electrons. The molecule has 0 bridgehead atoms. The van der Waals surface area contributed by atoms with Crippen molar-refractivity contribution in [2.75, 3.05) is 20.1 Å². The molecule has 210 valence electrons. The van der Waals surface area contributed by atoms with E-state index in [9.17, 15) is 9.59 Å². The normalized spacial score (nSPS) is 18.8. The van der Waals surface area contributed by atoms with E-state index in [1.807, 2.05) is 78.8 Å². The summed E-state index contributed by atoms with van der Waals surface area (Å²) in [6.07, 6.45) is 2.67. The molecule has 0 saturated carbocycles. The Morgan fingerprint density at radius 2 is 1.64 bits per heavy atom. The van der Waals surface area contributed by atoms with Crippen molar-refractivity contribution in [3.05, 3.63) is 70.7 Å². The van der Waals surface area contributed by atoms with Gasteiger partial charge in [0.2, 0.25) is 0 Å². The van der Waals surface area contributed by atoms with Gasteiger partial charge in [-0.15, -0.1) is 0 Å². The summed E-state index contributed by atoms with van der Waals surface area (Å²) in [5, 5.41) is 0.747. The Balaban J connectivity index is 1.65. The minimum atomic E-state index is -0.634. The van der Waals surface area contributed by atoms with Crippen LogP contribution < -0.4 is 0 Å². The van der Waals surface area contributed by atoms with Gasteiger partial charge in [0.15, 0.2) is 0 Å². The van der Waals surface area contributed by atoms with Gasteiger partial charge in [-0.05, 0) is 128 Å². The van der Waals surface area contributed by atoms with Gasteiger partial charge in [0, 0.05) is 18.1 Å².